The summed E-state index contributed by atoms with van der Waals surface area (Å²) >= 11 is 0. The van der Waals surface area contributed by atoms with Crippen molar-refractivity contribution in [1.82, 2.24) is 15.0 Å². The number of aromatic nitrogens is 3. The Morgan fingerprint density at radius 2 is 1.54 bits per heavy atom. The standard InChI is InChI=1S/C20H27N3O5/c1-19(2,3)27-17(25)14(18(26)28-20(4,5)6)11-12-23-16(24)13-9-7-8-10-15(13)21-22-23/h7-10,14H,11-12H2,1-6H3. The molecule has 0 fully saturated rings. The summed E-state index contributed by atoms with van der Waals surface area (Å²) in [5.41, 5.74) is -1.36. The van der Waals surface area contributed by atoms with Crippen LogP contribution < -0.4 is 5.56 Å². The average Bonchev–Trinajstić information content (AvgIpc) is 2.54. The topological polar surface area (TPSA) is 100 Å². The summed E-state index contributed by atoms with van der Waals surface area (Å²) in [6.07, 6.45) is 0.0107. The van der Waals surface area contributed by atoms with E-state index in [1.54, 1.807) is 65.8 Å². The molecule has 0 aliphatic heterocycles. The van der Waals surface area contributed by atoms with E-state index < -0.39 is 29.1 Å². The fourth-order valence-electron chi connectivity index (χ4n) is 2.50. The third-order valence-corrected chi connectivity index (χ3v) is 3.64. The van der Waals surface area contributed by atoms with E-state index >= 15 is 0 Å². The number of aryl methyl sites for hydroxylation is 1. The molecule has 1 aromatic heterocycles. The van der Waals surface area contributed by atoms with Gasteiger partial charge in [-0.2, -0.15) is 0 Å². The maximum atomic E-state index is 12.6. The van der Waals surface area contributed by atoms with Gasteiger partial charge in [-0.15, -0.1) is 5.10 Å². The molecule has 1 heterocycles. The lowest BCUT2D eigenvalue weighted by Gasteiger charge is -2.26. The zero-order valence-corrected chi connectivity index (χ0v) is 17.2. The number of carbonyl (C=O) groups is 2. The molecule has 0 N–H and O–H groups in total. The van der Waals surface area contributed by atoms with Gasteiger partial charge in [-0.1, -0.05) is 17.3 Å². The molecule has 2 rings (SSSR count). The smallest absolute Gasteiger partial charge is 0.320 e. The van der Waals surface area contributed by atoms with Crippen LogP contribution in [0.25, 0.3) is 10.9 Å². The van der Waals surface area contributed by atoms with Gasteiger partial charge in [0.25, 0.3) is 5.56 Å². The molecule has 0 aliphatic rings. The van der Waals surface area contributed by atoms with Crippen molar-refractivity contribution in [2.75, 3.05) is 0 Å². The predicted octanol–water partition coefficient (Wildman–Crippen LogP) is 2.48. The zero-order valence-electron chi connectivity index (χ0n) is 17.2. The van der Waals surface area contributed by atoms with Crippen molar-refractivity contribution in [3.63, 3.8) is 0 Å². The highest BCUT2D eigenvalue weighted by Crippen LogP contribution is 2.19. The second kappa shape index (κ2) is 8.08. The quantitative estimate of drug-likeness (QED) is 0.572. The molecule has 0 saturated carbocycles. The highest BCUT2D eigenvalue weighted by atomic mass is 16.6. The number of fused-ring (bicyclic) bond motifs is 1. The van der Waals surface area contributed by atoms with Gasteiger partial charge in [-0.25, -0.2) is 4.68 Å². The van der Waals surface area contributed by atoms with E-state index in [9.17, 15) is 14.4 Å². The van der Waals surface area contributed by atoms with Gasteiger partial charge in [0, 0.05) is 6.54 Å². The van der Waals surface area contributed by atoms with Crippen LogP contribution in [0.3, 0.4) is 0 Å². The average molecular weight is 389 g/mol. The minimum absolute atomic E-state index is 0.0107. The maximum absolute atomic E-state index is 12.6. The molecule has 28 heavy (non-hydrogen) atoms. The second-order valence-corrected chi connectivity index (χ2v) is 8.54. The molecule has 0 aliphatic carbocycles. The van der Waals surface area contributed by atoms with Crippen LogP contribution in [0.2, 0.25) is 0 Å². The molecule has 8 nitrogen and oxygen atoms in total. The SMILES string of the molecule is CC(C)(C)OC(=O)C(CCn1nnc2ccccc2c1=O)C(=O)OC(C)(C)C. The van der Waals surface area contributed by atoms with Crippen molar-refractivity contribution in [3.8, 4) is 0 Å². The van der Waals surface area contributed by atoms with Crippen LogP contribution in [-0.4, -0.2) is 38.1 Å². The molecule has 1 aromatic carbocycles. The highest BCUT2D eigenvalue weighted by Gasteiger charge is 2.34. The fraction of sp³-hybridized carbons (Fsp3) is 0.550. The first kappa shape index (κ1) is 21.5. The third kappa shape index (κ3) is 5.87. The molecule has 2 aromatic rings. The molecule has 0 amide bonds. The fourth-order valence-corrected chi connectivity index (χ4v) is 2.50. The van der Waals surface area contributed by atoms with Crippen LogP contribution in [0.4, 0.5) is 0 Å². The number of hydrogen-bond acceptors (Lipinski definition) is 7. The van der Waals surface area contributed by atoms with Crippen LogP contribution in [0, 0.1) is 5.92 Å². The van der Waals surface area contributed by atoms with Crippen molar-refractivity contribution in [2.45, 2.75) is 65.7 Å². The summed E-state index contributed by atoms with van der Waals surface area (Å²) in [5.74, 6) is -2.55. The van der Waals surface area contributed by atoms with Gasteiger partial charge >= 0.3 is 11.9 Å². The summed E-state index contributed by atoms with van der Waals surface area (Å²) in [6, 6.07) is 6.85. The Balaban J connectivity index is 2.25. The van der Waals surface area contributed by atoms with Crippen LogP contribution in [0.1, 0.15) is 48.0 Å². The summed E-state index contributed by atoms with van der Waals surface area (Å²) < 4.78 is 11.9. The Labute approximate surface area is 163 Å². The molecular weight excluding hydrogens is 362 g/mol. The van der Waals surface area contributed by atoms with Crippen molar-refractivity contribution < 1.29 is 19.1 Å². The first-order valence-corrected chi connectivity index (χ1v) is 9.16. The van der Waals surface area contributed by atoms with Gasteiger partial charge in [0.15, 0.2) is 5.92 Å². The summed E-state index contributed by atoms with van der Waals surface area (Å²) in [4.78, 5) is 37.7. The molecule has 8 heteroatoms. The van der Waals surface area contributed by atoms with E-state index in [2.05, 4.69) is 10.3 Å². The maximum Gasteiger partial charge on any atom is 0.320 e. The van der Waals surface area contributed by atoms with Gasteiger partial charge in [-0.3, -0.25) is 14.4 Å². The lowest BCUT2D eigenvalue weighted by molar-refractivity contribution is -0.174. The van der Waals surface area contributed by atoms with Gasteiger partial charge in [0.05, 0.1) is 5.39 Å². The van der Waals surface area contributed by atoms with Crippen molar-refractivity contribution in [1.29, 1.82) is 0 Å². The molecule has 0 radical (unpaired) electrons. The van der Waals surface area contributed by atoms with Crippen LogP contribution in [-0.2, 0) is 25.6 Å². The molecular formula is C20H27N3O5. The van der Waals surface area contributed by atoms with E-state index in [-0.39, 0.29) is 18.5 Å². The van der Waals surface area contributed by atoms with E-state index in [4.69, 9.17) is 9.47 Å². The van der Waals surface area contributed by atoms with Crippen molar-refractivity contribution in [2.24, 2.45) is 5.92 Å². The lowest BCUT2D eigenvalue weighted by atomic mass is 10.0. The van der Waals surface area contributed by atoms with Crippen LogP contribution >= 0.6 is 0 Å². The molecule has 0 unspecified atom stereocenters. The zero-order chi connectivity index (χ0) is 21.1. The highest BCUT2D eigenvalue weighted by molar-refractivity contribution is 5.95. The summed E-state index contributed by atoms with van der Waals surface area (Å²) in [7, 11) is 0. The van der Waals surface area contributed by atoms with Gasteiger partial charge in [-0.05, 0) is 60.1 Å². The van der Waals surface area contributed by atoms with Gasteiger partial charge in [0.1, 0.15) is 16.7 Å². The Bertz CT molecular complexity index is 894. The van der Waals surface area contributed by atoms with E-state index in [1.165, 1.54) is 0 Å². The number of rotatable bonds is 5. The number of nitrogens with zero attached hydrogens (tertiary/aromatic N) is 3. The first-order chi connectivity index (χ1) is 12.9. The number of ether oxygens (including phenoxy) is 2. The van der Waals surface area contributed by atoms with Gasteiger partial charge < -0.3 is 9.47 Å². The number of hydrogen-bond donors (Lipinski definition) is 0. The second-order valence-electron chi connectivity index (χ2n) is 8.54. The molecule has 152 valence electrons. The molecule has 0 atom stereocenters. The van der Waals surface area contributed by atoms with Gasteiger partial charge in [0.2, 0.25) is 0 Å². The largest absolute Gasteiger partial charge is 0.459 e. The molecule has 0 spiro atoms. The minimum Gasteiger partial charge on any atom is -0.459 e. The predicted molar refractivity (Wildman–Crippen MR) is 104 cm³/mol. The third-order valence-electron chi connectivity index (χ3n) is 3.64. The molecule has 0 bridgehead atoms. The number of esters is 2. The number of benzene rings is 1. The Morgan fingerprint density at radius 1 is 1.00 bits per heavy atom. The monoisotopic (exact) mass is 389 g/mol. The van der Waals surface area contributed by atoms with Crippen LogP contribution in [0.5, 0.6) is 0 Å². The molecule has 0 saturated heterocycles. The van der Waals surface area contributed by atoms with Crippen molar-refractivity contribution in [3.05, 3.63) is 34.6 Å². The lowest BCUT2D eigenvalue weighted by Crippen LogP contribution is -2.38. The normalized spacial score (nSPS) is 12.2. The Hall–Kier alpha value is -2.77. The first-order valence-electron chi connectivity index (χ1n) is 9.16. The van der Waals surface area contributed by atoms with Crippen LogP contribution in [0.15, 0.2) is 29.1 Å². The van der Waals surface area contributed by atoms with Crippen molar-refractivity contribution >= 4 is 22.8 Å². The van der Waals surface area contributed by atoms with E-state index in [1.807, 2.05) is 0 Å². The van der Waals surface area contributed by atoms with E-state index in [0.717, 1.165) is 4.68 Å². The Morgan fingerprint density at radius 3 is 2.07 bits per heavy atom. The number of carbonyl (C=O) groups excluding carboxylic acids is 2. The summed E-state index contributed by atoms with van der Waals surface area (Å²) in [6.45, 7) is 10.3. The Kier molecular flexibility index (Phi) is 6.21. The minimum atomic E-state index is -1.17. The summed E-state index contributed by atoms with van der Waals surface area (Å²) in [5, 5.41) is 8.33. The van der Waals surface area contributed by atoms with E-state index in [0.29, 0.717) is 10.9 Å².